The second-order valence-electron chi connectivity index (χ2n) is 5.44. The predicted octanol–water partition coefficient (Wildman–Crippen LogP) is 1.58. The lowest BCUT2D eigenvalue weighted by atomic mass is 9.97. The third-order valence-electron chi connectivity index (χ3n) is 3.88. The summed E-state index contributed by atoms with van der Waals surface area (Å²) in [6.07, 6.45) is 0.839. The van der Waals surface area contributed by atoms with Crippen molar-refractivity contribution in [3.63, 3.8) is 0 Å². The van der Waals surface area contributed by atoms with Crippen LogP contribution in [0.3, 0.4) is 0 Å². The van der Waals surface area contributed by atoms with E-state index >= 15 is 0 Å². The fraction of sp³-hybridized carbons (Fsp3) is 0.571. The molecule has 2 unspecified atom stereocenters. The summed E-state index contributed by atoms with van der Waals surface area (Å²) < 4.78 is 27.6. The fourth-order valence-electron chi connectivity index (χ4n) is 2.34. The molecule has 1 aliphatic rings. The molecule has 0 radical (unpaired) electrons. The quantitative estimate of drug-likeness (QED) is 0.885. The number of benzene rings is 1. The first kappa shape index (κ1) is 14.5. The number of hydrogen-bond donors (Lipinski definition) is 2. The Kier molecular flexibility index (Phi) is 4.28. The summed E-state index contributed by atoms with van der Waals surface area (Å²) in [6.45, 7) is 7.71. The molecule has 19 heavy (non-hydrogen) atoms. The summed E-state index contributed by atoms with van der Waals surface area (Å²) >= 11 is 0. The maximum absolute atomic E-state index is 12.4. The van der Waals surface area contributed by atoms with Crippen molar-refractivity contribution in [3.8, 4) is 0 Å². The average Bonchev–Trinajstić information content (AvgIpc) is 2.35. The van der Waals surface area contributed by atoms with Crippen LogP contribution in [0, 0.1) is 19.8 Å². The Balaban J connectivity index is 2.19. The molecule has 1 aliphatic heterocycles. The van der Waals surface area contributed by atoms with Gasteiger partial charge in [-0.25, -0.2) is 13.1 Å². The monoisotopic (exact) mass is 282 g/mol. The Morgan fingerprint density at radius 3 is 2.63 bits per heavy atom. The Labute approximate surface area is 115 Å². The van der Waals surface area contributed by atoms with E-state index in [4.69, 9.17) is 0 Å². The molecular formula is C14H22N2O2S. The number of nitrogens with one attached hydrogen (secondary N) is 2. The first-order valence-electron chi connectivity index (χ1n) is 6.70. The maximum Gasteiger partial charge on any atom is 0.240 e. The number of piperidine rings is 1. The van der Waals surface area contributed by atoms with Crippen LogP contribution in [0.4, 0.5) is 0 Å². The summed E-state index contributed by atoms with van der Waals surface area (Å²) in [7, 11) is -3.41. The number of hydrogen-bond acceptors (Lipinski definition) is 3. The van der Waals surface area contributed by atoms with Crippen LogP contribution in [0.25, 0.3) is 0 Å². The summed E-state index contributed by atoms with van der Waals surface area (Å²) in [4.78, 5) is 0.362. The smallest absolute Gasteiger partial charge is 0.240 e. The van der Waals surface area contributed by atoms with Crippen molar-refractivity contribution in [2.45, 2.75) is 38.1 Å². The van der Waals surface area contributed by atoms with E-state index in [1.165, 1.54) is 0 Å². The van der Waals surface area contributed by atoms with Crippen molar-refractivity contribution >= 4 is 10.0 Å². The lowest BCUT2D eigenvalue weighted by Crippen LogP contribution is -2.48. The maximum atomic E-state index is 12.4. The summed E-state index contributed by atoms with van der Waals surface area (Å²) in [5.74, 6) is 0.315. The van der Waals surface area contributed by atoms with Gasteiger partial charge in [-0.3, -0.25) is 0 Å². The third-order valence-corrected chi connectivity index (χ3v) is 5.37. The second-order valence-corrected chi connectivity index (χ2v) is 7.16. The highest BCUT2D eigenvalue weighted by Gasteiger charge is 2.26. The van der Waals surface area contributed by atoms with Crippen LogP contribution >= 0.6 is 0 Å². The van der Waals surface area contributed by atoms with Crippen molar-refractivity contribution in [1.82, 2.24) is 10.0 Å². The molecule has 0 spiro atoms. The van der Waals surface area contributed by atoms with Gasteiger partial charge in [0.1, 0.15) is 0 Å². The van der Waals surface area contributed by atoms with Crippen LogP contribution in [0.2, 0.25) is 0 Å². The molecule has 0 amide bonds. The van der Waals surface area contributed by atoms with Crippen molar-refractivity contribution in [2.24, 2.45) is 5.92 Å². The molecule has 2 atom stereocenters. The predicted molar refractivity (Wildman–Crippen MR) is 76.7 cm³/mol. The normalized spacial score (nSPS) is 24.4. The second kappa shape index (κ2) is 5.61. The van der Waals surface area contributed by atoms with E-state index in [1.807, 2.05) is 19.9 Å². The molecule has 1 heterocycles. The Hall–Kier alpha value is -0.910. The minimum absolute atomic E-state index is 0.0212. The number of sulfonamides is 1. The molecule has 0 aliphatic carbocycles. The lowest BCUT2D eigenvalue weighted by molar-refractivity contribution is 0.328. The Bertz CT molecular complexity index is 555. The zero-order valence-corrected chi connectivity index (χ0v) is 12.5. The van der Waals surface area contributed by atoms with Crippen molar-refractivity contribution in [2.75, 3.05) is 13.1 Å². The first-order chi connectivity index (χ1) is 8.90. The van der Waals surface area contributed by atoms with Gasteiger partial charge in [0.15, 0.2) is 0 Å². The molecule has 1 aromatic rings. The molecular weight excluding hydrogens is 260 g/mol. The third kappa shape index (κ3) is 3.35. The van der Waals surface area contributed by atoms with Crippen LogP contribution < -0.4 is 10.0 Å². The molecule has 2 N–H and O–H groups in total. The average molecular weight is 282 g/mol. The highest BCUT2D eigenvalue weighted by molar-refractivity contribution is 7.89. The van der Waals surface area contributed by atoms with Gasteiger partial charge >= 0.3 is 0 Å². The first-order valence-corrected chi connectivity index (χ1v) is 8.19. The zero-order valence-electron chi connectivity index (χ0n) is 11.7. The molecule has 5 heteroatoms. The van der Waals surface area contributed by atoms with Gasteiger partial charge in [-0.05, 0) is 62.5 Å². The molecule has 106 valence electrons. The summed E-state index contributed by atoms with van der Waals surface area (Å²) in [5, 5.41) is 3.27. The molecule has 0 bridgehead atoms. The summed E-state index contributed by atoms with van der Waals surface area (Å²) in [5.41, 5.74) is 2.11. The van der Waals surface area contributed by atoms with Crippen LogP contribution in [-0.4, -0.2) is 27.5 Å². The SMILES string of the molecule is Cc1ccc(S(=O)(=O)NC2CCNCC2C)cc1C. The van der Waals surface area contributed by atoms with E-state index in [9.17, 15) is 8.42 Å². The van der Waals surface area contributed by atoms with E-state index in [0.717, 1.165) is 30.6 Å². The van der Waals surface area contributed by atoms with Gasteiger partial charge in [-0.2, -0.15) is 0 Å². The van der Waals surface area contributed by atoms with Crippen molar-refractivity contribution < 1.29 is 8.42 Å². The molecule has 4 nitrogen and oxygen atoms in total. The molecule has 0 saturated carbocycles. The van der Waals surface area contributed by atoms with Gasteiger partial charge in [0.2, 0.25) is 10.0 Å². The van der Waals surface area contributed by atoms with Gasteiger partial charge < -0.3 is 5.32 Å². The highest BCUT2D eigenvalue weighted by Crippen LogP contribution is 2.18. The van der Waals surface area contributed by atoms with E-state index in [2.05, 4.69) is 17.0 Å². The zero-order chi connectivity index (χ0) is 14.0. The van der Waals surface area contributed by atoms with Gasteiger partial charge in [-0.15, -0.1) is 0 Å². The standard InChI is InChI=1S/C14H22N2O2S/c1-10-4-5-13(8-11(10)2)19(17,18)16-14-6-7-15-9-12(14)3/h4-5,8,12,14-16H,6-7,9H2,1-3H3. The van der Waals surface area contributed by atoms with Crippen LogP contribution in [0.5, 0.6) is 0 Å². The van der Waals surface area contributed by atoms with E-state index in [0.29, 0.717) is 10.8 Å². The van der Waals surface area contributed by atoms with E-state index in [1.54, 1.807) is 12.1 Å². The number of aryl methyl sites for hydroxylation is 2. The van der Waals surface area contributed by atoms with Crippen molar-refractivity contribution in [1.29, 1.82) is 0 Å². The Morgan fingerprint density at radius 1 is 1.26 bits per heavy atom. The minimum Gasteiger partial charge on any atom is -0.316 e. The van der Waals surface area contributed by atoms with Gasteiger partial charge in [-0.1, -0.05) is 13.0 Å². The summed E-state index contributed by atoms with van der Waals surface area (Å²) in [6, 6.07) is 5.29. The minimum atomic E-state index is -3.41. The van der Waals surface area contributed by atoms with Crippen LogP contribution in [-0.2, 0) is 10.0 Å². The molecule has 1 saturated heterocycles. The molecule has 2 rings (SSSR count). The molecule has 1 fully saturated rings. The van der Waals surface area contributed by atoms with E-state index in [-0.39, 0.29) is 6.04 Å². The Morgan fingerprint density at radius 2 is 2.00 bits per heavy atom. The number of rotatable bonds is 3. The van der Waals surface area contributed by atoms with Gasteiger partial charge in [0, 0.05) is 6.04 Å². The van der Waals surface area contributed by atoms with Gasteiger partial charge in [0.25, 0.3) is 0 Å². The van der Waals surface area contributed by atoms with Crippen LogP contribution in [0.1, 0.15) is 24.5 Å². The largest absolute Gasteiger partial charge is 0.316 e. The fourth-order valence-corrected chi connectivity index (χ4v) is 3.80. The topological polar surface area (TPSA) is 58.2 Å². The highest BCUT2D eigenvalue weighted by atomic mass is 32.2. The molecule has 1 aromatic carbocycles. The van der Waals surface area contributed by atoms with E-state index < -0.39 is 10.0 Å². The van der Waals surface area contributed by atoms with Crippen molar-refractivity contribution in [3.05, 3.63) is 29.3 Å². The van der Waals surface area contributed by atoms with Gasteiger partial charge in [0.05, 0.1) is 4.90 Å². The van der Waals surface area contributed by atoms with Crippen LogP contribution in [0.15, 0.2) is 23.1 Å². The lowest BCUT2D eigenvalue weighted by Gasteiger charge is -2.30. The molecule has 0 aromatic heterocycles.